The second-order valence-electron chi connectivity index (χ2n) is 3.49. The molecule has 0 saturated carbocycles. The number of halogens is 1. The zero-order chi connectivity index (χ0) is 12.1. The average molecular weight is 250 g/mol. The molecule has 0 spiro atoms. The maximum atomic E-state index is 5.79. The third-order valence-electron chi connectivity index (χ3n) is 2.14. The first-order chi connectivity index (χ1) is 8.28. The van der Waals surface area contributed by atoms with Crippen LogP contribution in [0, 0.1) is 0 Å². The summed E-state index contributed by atoms with van der Waals surface area (Å²) < 4.78 is 10.6. The Morgan fingerprint density at radius 1 is 1.12 bits per heavy atom. The Morgan fingerprint density at radius 3 is 2.47 bits per heavy atom. The summed E-state index contributed by atoms with van der Waals surface area (Å²) in [5.74, 6) is 1.26. The normalized spacial score (nSPS) is 10.2. The standard InChI is InChI=1S/C13H12ClNO2/c1-16-9-10-2-7-13(15-8-10)17-12-5-3-11(14)4-6-12/h2-8H,9H2,1H3. The van der Waals surface area contributed by atoms with Gasteiger partial charge < -0.3 is 9.47 Å². The topological polar surface area (TPSA) is 31.4 Å². The van der Waals surface area contributed by atoms with Gasteiger partial charge in [0.1, 0.15) is 5.75 Å². The summed E-state index contributed by atoms with van der Waals surface area (Å²) in [4.78, 5) is 4.18. The number of rotatable bonds is 4. The van der Waals surface area contributed by atoms with Crippen molar-refractivity contribution in [3.63, 3.8) is 0 Å². The minimum Gasteiger partial charge on any atom is -0.439 e. The van der Waals surface area contributed by atoms with E-state index in [1.54, 1.807) is 37.6 Å². The molecule has 1 aromatic carbocycles. The van der Waals surface area contributed by atoms with Gasteiger partial charge in [-0.15, -0.1) is 0 Å². The molecular formula is C13H12ClNO2. The summed E-state index contributed by atoms with van der Waals surface area (Å²) >= 11 is 5.79. The van der Waals surface area contributed by atoms with E-state index in [1.165, 1.54) is 0 Å². The molecule has 0 saturated heterocycles. The van der Waals surface area contributed by atoms with E-state index >= 15 is 0 Å². The van der Waals surface area contributed by atoms with Gasteiger partial charge in [0.25, 0.3) is 0 Å². The number of hydrogen-bond acceptors (Lipinski definition) is 3. The van der Waals surface area contributed by atoms with Crippen molar-refractivity contribution < 1.29 is 9.47 Å². The van der Waals surface area contributed by atoms with Crippen molar-refractivity contribution in [2.24, 2.45) is 0 Å². The Bertz CT molecular complexity index is 468. The number of hydrogen-bond donors (Lipinski definition) is 0. The average Bonchev–Trinajstić information content (AvgIpc) is 2.35. The lowest BCUT2D eigenvalue weighted by molar-refractivity contribution is 0.184. The smallest absolute Gasteiger partial charge is 0.219 e. The third-order valence-corrected chi connectivity index (χ3v) is 2.40. The summed E-state index contributed by atoms with van der Waals surface area (Å²) in [6.45, 7) is 0.550. The van der Waals surface area contributed by atoms with E-state index in [-0.39, 0.29) is 0 Å². The van der Waals surface area contributed by atoms with Crippen LogP contribution in [0.2, 0.25) is 5.02 Å². The predicted molar refractivity (Wildman–Crippen MR) is 66.5 cm³/mol. The molecule has 0 atom stereocenters. The highest BCUT2D eigenvalue weighted by molar-refractivity contribution is 6.30. The molecule has 0 aliphatic carbocycles. The molecule has 0 radical (unpaired) electrons. The SMILES string of the molecule is COCc1ccc(Oc2ccc(Cl)cc2)nc1. The third kappa shape index (κ3) is 3.44. The van der Waals surface area contributed by atoms with Gasteiger partial charge in [0, 0.05) is 24.4 Å². The number of nitrogens with zero attached hydrogens (tertiary/aromatic N) is 1. The first-order valence-corrected chi connectivity index (χ1v) is 5.53. The Morgan fingerprint density at radius 2 is 1.88 bits per heavy atom. The van der Waals surface area contributed by atoms with E-state index in [0.717, 1.165) is 5.56 Å². The fourth-order valence-corrected chi connectivity index (χ4v) is 1.47. The van der Waals surface area contributed by atoms with Gasteiger partial charge in [0.2, 0.25) is 5.88 Å². The lowest BCUT2D eigenvalue weighted by Gasteiger charge is -2.05. The zero-order valence-electron chi connectivity index (χ0n) is 9.39. The Labute approximate surface area is 105 Å². The number of methoxy groups -OCH3 is 1. The summed E-state index contributed by atoms with van der Waals surface area (Å²) in [5.41, 5.74) is 1.01. The van der Waals surface area contributed by atoms with Crippen LogP contribution in [0.1, 0.15) is 5.56 Å². The quantitative estimate of drug-likeness (QED) is 0.828. The van der Waals surface area contributed by atoms with E-state index in [0.29, 0.717) is 23.3 Å². The van der Waals surface area contributed by atoms with Crippen LogP contribution in [0.25, 0.3) is 0 Å². The van der Waals surface area contributed by atoms with Crippen LogP contribution in [0.4, 0.5) is 0 Å². The van der Waals surface area contributed by atoms with Gasteiger partial charge in [-0.1, -0.05) is 11.6 Å². The van der Waals surface area contributed by atoms with E-state index in [9.17, 15) is 0 Å². The lowest BCUT2D eigenvalue weighted by atomic mass is 10.3. The molecule has 1 heterocycles. The molecule has 0 fully saturated rings. The van der Waals surface area contributed by atoms with E-state index < -0.39 is 0 Å². The second kappa shape index (κ2) is 5.66. The number of aromatic nitrogens is 1. The van der Waals surface area contributed by atoms with Gasteiger partial charge in [0.15, 0.2) is 0 Å². The molecule has 17 heavy (non-hydrogen) atoms. The van der Waals surface area contributed by atoms with Crippen LogP contribution in [0.3, 0.4) is 0 Å². The van der Waals surface area contributed by atoms with Gasteiger partial charge in [-0.3, -0.25) is 0 Å². The van der Waals surface area contributed by atoms with Crippen LogP contribution >= 0.6 is 11.6 Å². The molecule has 88 valence electrons. The first kappa shape index (κ1) is 11.9. The number of ether oxygens (including phenoxy) is 2. The lowest BCUT2D eigenvalue weighted by Crippen LogP contribution is -1.91. The van der Waals surface area contributed by atoms with Crippen LogP contribution in [0.15, 0.2) is 42.6 Å². The van der Waals surface area contributed by atoms with Crippen molar-refractivity contribution >= 4 is 11.6 Å². The summed E-state index contributed by atoms with van der Waals surface area (Å²) in [7, 11) is 1.65. The number of pyridine rings is 1. The second-order valence-corrected chi connectivity index (χ2v) is 3.93. The molecule has 4 heteroatoms. The molecule has 2 rings (SSSR count). The maximum absolute atomic E-state index is 5.79. The molecular weight excluding hydrogens is 238 g/mol. The Hall–Kier alpha value is -1.58. The maximum Gasteiger partial charge on any atom is 0.219 e. The molecule has 0 amide bonds. The summed E-state index contributed by atoms with van der Waals surface area (Å²) in [6, 6.07) is 10.9. The largest absolute Gasteiger partial charge is 0.439 e. The minimum absolute atomic E-state index is 0.548. The molecule has 0 N–H and O–H groups in total. The van der Waals surface area contributed by atoms with Gasteiger partial charge in [-0.25, -0.2) is 4.98 Å². The molecule has 0 bridgehead atoms. The van der Waals surface area contributed by atoms with Crippen molar-refractivity contribution in [1.29, 1.82) is 0 Å². The van der Waals surface area contributed by atoms with E-state index in [4.69, 9.17) is 21.1 Å². The molecule has 0 aliphatic heterocycles. The van der Waals surface area contributed by atoms with E-state index in [2.05, 4.69) is 4.98 Å². The fraction of sp³-hybridized carbons (Fsp3) is 0.154. The predicted octanol–water partition coefficient (Wildman–Crippen LogP) is 3.67. The molecule has 1 aromatic heterocycles. The van der Waals surface area contributed by atoms with Crippen molar-refractivity contribution in [3.05, 3.63) is 53.2 Å². The molecule has 3 nitrogen and oxygen atoms in total. The van der Waals surface area contributed by atoms with Gasteiger partial charge in [-0.2, -0.15) is 0 Å². The Kier molecular flexibility index (Phi) is 3.96. The Balaban J connectivity index is 2.05. The molecule has 0 aliphatic rings. The molecule has 0 unspecified atom stereocenters. The highest BCUT2D eigenvalue weighted by Gasteiger charge is 1.99. The summed E-state index contributed by atoms with van der Waals surface area (Å²) in [6.07, 6.45) is 1.73. The van der Waals surface area contributed by atoms with Gasteiger partial charge >= 0.3 is 0 Å². The van der Waals surface area contributed by atoms with Crippen molar-refractivity contribution in [3.8, 4) is 11.6 Å². The van der Waals surface area contributed by atoms with Crippen molar-refractivity contribution in [1.82, 2.24) is 4.98 Å². The first-order valence-electron chi connectivity index (χ1n) is 5.15. The van der Waals surface area contributed by atoms with Crippen LogP contribution in [-0.4, -0.2) is 12.1 Å². The molecule has 2 aromatic rings. The monoisotopic (exact) mass is 249 g/mol. The van der Waals surface area contributed by atoms with Crippen molar-refractivity contribution in [2.75, 3.05) is 7.11 Å². The van der Waals surface area contributed by atoms with E-state index in [1.807, 2.05) is 12.1 Å². The highest BCUT2D eigenvalue weighted by Crippen LogP contribution is 2.21. The highest BCUT2D eigenvalue weighted by atomic mass is 35.5. The fourth-order valence-electron chi connectivity index (χ4n) is 1.35. The van der Waals surface area contributed by atoms with Gasteiger partial charge in [0.05, 0.1) is 6.61 Å². The summed E-state index contributed by atoms with van der Waals surface area (Å²) in [5, 5.41) is 0.681. The van der Waals surface area contributed by atoms with Crippen LogP contribution in [0.5, 0.6) is 11.6 Å². The zero-order valence-corrected chi connectivity index (χ0v) is 10.1. The van der Waals surface area contributed by atoms with Crippen LogP contribution < -0.4 is 4.74 Å². The van der Waals surface area contributed by atoms with Crippen LogP contribution in [-0.2, 0) is 11.3 Å². The van der Waals surface area contributed by atoms with Crippen molar-refractivity contribution in [2.45, 2.75) is 6.61 Å². The minimum atomic E-state index is 0.548. The van der Waals surface area contributed by atoms with Gasteiger partial charge in [-0.05, 0) is 35.9 Å². The number of benzene rings is 1.